The maximum atomic E-state index is 13.9. The Balaban J connectivity index is 0.00000121. The zero-order chi connectivity index (χ0) is 28.1. The lowest BCUT2D eigenvalue weighted by atomic mass is 10.0. The van der Waals surface area contributed by atoms with E-state index in [1.54, 1.807) is 26.2 Å². The molecule has 2 atom stereocenters. The summed E-state index contributed by atoms with van der Waals surface area (Å²) >= 11 is 0. The summed E-state index contributed by atoms with van der Waals surface area (Å²) in [6, 6.07) is 10.5. The van der Waals surface area contributed by atoms with Crippen molar-refractivity contribution in [2.45, 2.75) is 53.6 Å². The van der Waals surface area contributed by atoms with Crippen molar-refractivity contribution in [1.82, 2.24) is 15.5 Å². The molecule has 9 heteroatoms. The van der Waals surface area contributed by atoms with Crippen molar-refractivity contribution in [2.75, 3.05) is 51.9 Å². The summed E-state index contributed by atoms with van der Waals surface area (Å²) in [6.45, 7) is 15.1. The van der Waals surface area contributed by atoms with Gasteiger partial charge in [0.15, 0.2) is 17.9 Å². The van der Waals surface area contributed by atoms with Crippen LogP contribution in [-0.2, 0) is 10.5 Å². The molecular weight excluding hydrogens is 487 g/mol. The maximum Gasteiger partial charge on any atom is 0.165 e. The van der Waals surface area contributed by atoms with Crippen LogP contribution in [0.3, 0.4) is 0 Å². The second-order valence-corrected chi connectivity index (χ2v) is 8.41. The van der Waals surface area contributed by atoms with Gasteiger partial charge >= 0.3 is 0 Å². The number of nitrogens with one attached hydrogen (secondary N) is 3. The van der Waals surface area contributed by atoms with Crippen LogP contribution < -0.4 is 25.4 Å². The second-order valence-electron chi connectivity index (χ2n) is 8.41. The highest BCUT2D eigenvalue weighted by atomic mass is 19.1. The van der Waals surface area contributed by atoms with Gasteiger partial charge in [-0.25, -0.2) is 4.39 Å². The minimum atomic E-state index is -1.12. The lowest BCUT2D eigenvalue weighted by molar-refractivity contribution is -0.135. The number of hydrogen-bond donors (Lipinski definition) is 4. The monoisotopic (exact) mass is 532 g/mol. The van der Waals surface area contributed by atoms with E-state index in [4.69, 9.17) is 14.2 Å². The number of ether oxygens (including phenoxy) is 3. The van der Waals surface area contributed by atoms with Gasteiger partial charge in [0.1, 0.15) is 11.5 Å². The molecule has 0 bridgehead atoms. The Morgan fingerprint density at radius 3 is 2.42 bits per heavy atom. The van der Waals surface area contributed by atoms with Crippen LogP contribution in [0, 0.1) is 5.82 Å². The lowest BCUT2D eigenvalue weighted by Gasteiger charge is -2.39. The predicted molar refractivity (Wildman–Crippen MR) is 152 cm³/mol. The van der Waals surface area contributed by atoms with Gasteiger partial charge in [-0.3, -0.25) is 10.2 Å². The van der Waals surface area contributed by atoms with Gasteiger partial charge in [0.25, 0.3) is 0 Å². The first-order chi connectivity index (χ1) is 18.4. The lowest BCUT2D eigenvalue weighted by Crippen LogP contribution is -2.50. The third kappa shape index (κ3) is 7.83. The zero-order valence-corrected chi connectivity index (χ0v) is 23.9. The molecule has 2 aliphatic rings. The number of benzene rings is 2. The van der Waals surface area contributed by atoms with Crippen molar-refractivity contribution >= 4 is 11.3 Å². The molecular formula is C29H45FN4O4. The van der Waals surface area contributed by atoms with Crippen LogP contribution in [0.1, 0.15) is 52.7 Å². The van der Waals surface area contributed by atoms with E-state index >= 15 is 0 Å². The Bertz CT molecular complexity index is 1030. The number of nitrogens with zero attached hydrogens (tertiary/aromatic N) is 1. The molecule has 4 N–H and O–H groups in total. The van der Waals surface area contributed by atoms with Gasteiger partial charge < -0.3 is 30.0 Å². The minimum absolute atomic E-state index is 0.241. The molecule has 2 unspecified atom stereocenters. The number of aliphatic hydroxyl groups is 1. The number of rotatable bonds is 8. The molecule has 38 heavy (non-hydrogen) atoms. The molecule has 212 valence electrons. The Labute approximate surface area is 227 Å². The smallest absolute Gasteiger partial charge is 0.165 e. The van der Waals surface area contributed by atoms with Gasteiger partial charge in [-0.1, -0.05) is 39.8 Å². The van der Waals surface area contributed by atoms with Gasteiger partial charge in [-0.2, -0.15) is 0 Å². The van der Waals surface area contributed by atoms with Crippen LogP contribution in [0.5, 0.6) is 11.5 Å². The first-order valence-corrected chi connectivity index (χ1v) is 13.5. The fourth-order valence-corrected chi connectivity index (χ4v) is 4.20. The van der Waals surface area contributed by atoms with Crippen LogP contribution in [0.15, 0.2) is 42.6 Å². The Morgan fingerprint density at radius 2 is 1.82 bits per heavy atom. The van der Waals surface area contributed by atoms with E-state index < -0.39 is 5.72 Å². The molecule has 0 aromatic heterocycles. The number of halogens is 1. The van der Waals surface area contributed by atoms with E-state index in [1.807, 2.05) is 63.9 Å². The molecule has 2 aliphatic heterocycles. The molecule has 1 saturated heterocycles. The third-order valence-corrected chi connectivity index (χ3v) is 6.20. The second kappa shape index (κ2) is 15.5. The highest BCUT2D eigenvalue weighted by Crippen LogP contribution is 2.33. The summed E-state index contributed by atoms with van der Waals surface area (Å²) in [6.07, 6.45) is 1.66. The molecule has 2 heterocycles. The standard InChI is InChI=1S/C25H33FN4O4.2C2H6/c1-4-34-22-13-17(5-7-20(22)26)18-15-27-24(28-16-18)29-21-8-6-19(14-23(21)32-3)25(2,31)30-9-11-33-12-10-30;2*1-2/h5-8,13-15,24,27-29,31H,4,9-12,16H2,1-3H3;2*1-2H3. The van der Waals surface area contributed by atoms with E-state index in [1.165, 1.54) is 6.07 Å². The summed E-state index contributed by atoms with van der Waals surface area (Å²) in [5.41, 5.74) is 2.29. The number of hydrogen-bond acceptors (Lipinski definition) is 8. The van der Waals surface area contributed by atoms with Crippen LogP contribution in [-0.4, -0.2) is 62.9 Å². The summed E-state index contributed by atoms with van der Waals surface area (Å²) < 4.78 is 30.3. The largest absolute Gasteiger partial charge is 0.495 e. The van der Waals surface area contributed by atoms with Crippen LogP contribution in [0.2, 0.25) is 0 Å². The molecule has 0 radical (unpaired) electrons. The first-order valence-electron chi connectivity index (χ1n) is 13.5. The highest BCUT2D eigenvalue weighted by molar-refractivity contribution is 5.69. The Kier molecular flexibility index (Phi) is 12.8. The van der Waals surface area contributed by atoms with Crippen molar-refractivity contribution < 1.29 is 23.7 Å². The number of morpholine rings is 1. The van der Waals surface area contributed by atoms with Crippen LogP contribution >= 0.6 is 0 Å². The molecule has 1 fully saturated rings. The van der Waals surface area contributed by atoms with Gasteiger partial charge in [0.05, 0.1) is 32.6 Å². The summed E-state index contributed by atoms with van der Waals surface area (Å²) in [5.74, 6) is 0.508. The minimum Gasteiger partial charge on any atom is -0.495 e. The van der Waals surface area contributed by atoms with E-state index in [0.717, 1.165) is 22.4 Å². The third-order valence-electron chi connectivity index (χ3n) is 6.20. The molecule has 8 nitrogen and oxygen atoms in total. The molecule has 2 aromatic rings. The SMILES string of the molecule is CC.CC.CCOc1cc(C2=CNC(Nc3ccc(C(C)(O)N4CCOCC4)cc3OC)NC2)ccc1F. The normalized spacial score (nSPS) is 18.8. The highest BCUT2D eigenvalue weighted by Gasteiger charge is 2.33. The van der Waals surface area contributed by atoms with E-state index in [2.05, 4.69) is 16.0 Å². The quantitative estimate of drug-likeness (QED) is 0.389. The molecule has 4 rings (SSSR count). The number of methoxy groups -OCH3 is 1. The zero-order valence-electron chi connectivity index (χ0n) is 23.9. The topological polar surface area (TPSA) is 87.2 Å². The average Bonchev–Trinajstić information content (AvgIpc) is 2.97. The average molecular weight is 533 g/mol. The van der Waals surface area contributed by atoms with Gasteiger partial charge in [-0.15, -0.1) is 0 Å². The van der Waals surface area contributed by atoms with Crippen LogP contribution in [0.4, 0.5) is 10.1 Å². The maximum absolute atomic E-state index is 13.9. The Morgan fingerprint density at radius 1 is 1.11 bits per heavy atom. The van der Waals surface area contributed by atoms with E-state index in [9.17, 15) is 9.50 Å². The summed E-state index contributed by atoms with van der Waals surface area (Å²) in [4.78, 5) is 2.00. The van der Waals surface area contributed by atoms with Crippen molar-refractivity contribution in [2.24, 2.45) is 0 Å². The summed E-state index contributed by atoms with van der Waals surface area (Å²) in [7, 11) is 1.61. The van der Waals surface area contributed by atoms with Crippen molar-refractivity contribution in [3.8, 4) is 11.5 Å². The van der Waals surface area contributed by atoms with Gasteiger partial charge in [-0.05, 0) is 49.2 Å². The molecule has 0 saturated carbocycles. The summed E-state index contributed by atoms with van der Waals surface area (Å²) in [5, 5.41) is 21.2. The first kappa shape index (κ1) is 31.4. The van der Waals surface area contributed by atoms with E-state index in [-0.39, 0.29) is 17.9 Å². The Hall–Kier alpha value is -2.85. The van der Waals surface area contributed by atoms with E-state index in [0.29, 0.717) is 45.2 Å². The van der Waals surface area contributed by atoms with Gasteiger partial charge in [0.2, 0.25) is 0 Å². The van der Waals surface area contributed by atoms with Crippen LogP contribution in [0.25, 0.3) is 5.57 Å². The fraction of sp³-hybridized carbons (Fsp3) is 0.517. The van der Waals surface area contributed by atoms with Crippen molar-refractivity contribution in [3.63, 3.8) is 0 Å². The molecule has 0 aliphatic carbocycles. The molecule has 0 spiro atoms. The fourth-order valence-electron chi connectivity index (χ4n) is 4.20. The predicted octanol–water partition coefficient (Wildman–Crippen LogP) is 4.71. The number of anilines is 1. The van der Waals surface area contributed by atoms with Gasteiger partial charge in [0, 0.05) is 31.4 Å². The van der Waals surface area contributed by atoms with Crippen molar-refractivity contribution in [3.05, 3.63) is 59.5 Å². The molecule has 2 aromatic carbocycles. The molecule has 0 amide bonds. The van der Waals surface area contributed by atoms with Crippen molar-refractivity contribution in [1.29, 1.82) is 0 Å².